The molecule has 5 nitrogen and oxygen atoms in total. The summed E-state index contributed by atoms with van der Waals surface area (Å²) < 4.78 is 14.1. The summed E-state index contributed by atoms with van der Waals surface area (Å²) in [4.78, 5) is 15.3. The fraction of sp³-hybridized carbons (Fsp3) is 0.143. The van der Waals surface area contributed by atoms with Crippen molar-refractivity contribution >= 4 is 40.6 Å². The molecule has 1 atom stereocenters. The smallest absolute Gasteiger partial charge is 0.195 e. The Bertz CT molecular complexity index is 1170. The molecule has 0 radical (unpaired) electrons. The third-order valence-electron chi connectivity index (χ3n) is 5.12. The van der Waals surface area contributed by atoms with Crippen LogP contribution in [-0.4, -0.2) is 23.8 Å². The Labute approximate surface area is 187 Å². The number of nitriles is 1. The van der Waals surface area contributed by atoms with Crippen molar-refractivity contribution in [3.63, 3.8) is 0 Å². The Morgan fingerprint density at radius 1 is 1.20 bits per heavy atom. The van der Waals surface area contributed by atoms with E-state index >= 15 is 0 Å². The monoisotopic (exact) mass is 462 g/mol. The van der Waals surface area contributed by atoms with E-state index in [4.69, 9.17) is 40.5 Å². The van der Waals surface area contributed by atoms with Crippen LogP contribution in [0.5, 0.6) is 0 Å². The lowest BCUT2D eigenvalue weighted by Gasteiger charge is -2.33. The molecule has 0 spiro atoms. The zero-order valence-electron chi connectivity index (χ0n) is 15.3. The number of fused-ring (bicyclic) bond motifs is 1. The first-order valence-electron chi connectivity index (χ1n) is 8.93. The average molecular weight is 464 g/mol. The van der Waals surface area contributed by atoms with Crippen molar-refractivity contribution in [1.29, 1.82) is 5.26 Å². The lowest BCUT2D eigenvalue weighted by Crippen LogP contribution is -2.36. The van der Waals surface area contributed by atoms with Crippen LogP contribution < -0.4 is 11.1 Å². The molecule has 2 aliphatic rings. The van der Waals surface area contributed by atoms with Gasteiger partial charge < -0.3 is 16.0 Å². The van der Waals surface area contributed by atoms with Gasteiger partial charge in [-0.25, -0.2) is 4.39 Å². The summed E-state index contributed by atoms with van der Waals surface area (Å²) in [5, 5.41) is 13.4. The summed E-state index contributed by atoms with van der Waals surface area (Å²) in [7, 11) is 0. The van der Waals surface area contributed by atoms with Gasteiger partial charge in [0.05, 0.1) is 33.2 Å². The third kappa shape index (κ3) is 3.29. The molecule has 2 aliphatic heterocycles. The number of benzene rings is 2. The van der Waals surface area contributed by atoms with Crippen LogP contribution in [0.2, 0.25) is 15.1 Å². The predicted molar refractivity (Wildman–Crippen MR) is 114 cm³/mol. The van der Waals surface area contributed by atoms with E-state index in [1.165, 1.54) is 6.07 Å². The third-order valence-corrected chi connectivity index (χ3v) is 5.97. The molecule has 3 N–H and O–H groups in total. The fourth-order valence-corrected chi connectivity index (χ4v) is 4.33. The van der Waals surface area contributed by atoms with Crippen LogP contribution in [-0.2, 0) is 0 Å². The highest BCUT2D eigenvalue weighted by molar-refractivity contribution is 6.37. The van der Waals surface area contributed by atoms with Gasteiger partial charge in [0.25, 0.3) is 0 Å². The van der Waals surface area contributed by atoms with Gasteiger partial charge in [-0.1, -0.05) is 46.9 Å². The van der Waals surface area contributed by atoms with Crippen molar-refractivity contribution in [1.82, 2.24) is 10.2 Å². The molecule has 1 unspecified atom stereocenters. The Hall–Kier alpha value is -2.72. The van der Waals surface area contributed by atoms with Gasteiger partial charge in [0.15, 0.2) is 5.78 Å². The normalized spacial score (nSPS) is 18.2. The Morgan fingerprint density at radius 3 is 2.57 bits per heavy atom. The van der Waals surface area contributed by atoms with Crippen LogP contribution in [0.1, 0.15) is 21.8 Å². The van der Waals surface area contributed by atoms with Crippen LogP contribution in [0.25, 0.3) is 0 Å². The number of hydrogen-bond acceptors (Lipinski definition) is 5. The van der Waals surface area contributed by atoms with E-state index in [9.17, 15) is 14.4 Å². The maximum absolute atomic E-state index is 14.1. The molecule has 2 heterocycles. The molecule has 152 valence electrons. The van der Waals surface area contributed by atoms with Gasteiger partial charge in [0.1, 0.15) is 17.5 Å². The molecule has 0 bridgehead atoms. The number of rotatable bonds is 3. The Balaban J connectivity index is 1.95. The van der Waals surface area contributed by atoms with Gasteiger partial charge in [0, 0.05) is 23.7 Å². The lowest BCUT2D eigenvalue weighted by molar-refractivity contribution is 0.102. The van der Waals surface area contributed by atoms with Crippen molar-refractivity contribution in [2.75, 3.05) is 13.1 Å². The highest BCUT2D eigenvalue weighted by Crippen LogP contribution is 2.43. The van der Waals surface area contributed by atoms with E-state index in [-0.39, 0.29) is 32.6 Å². The van der Waals surface area contributed by atoms with Crippen LogP contribution >= 0.6 is 34.8 Å². The molecule has 0 amide bonds. The second kappa shape index (κ2) is 7.84. The lowest BCUT2D eigenvalue weighted by atomic mass is 9.79. The van der Waals surface area contributed by atoms with E-state index in [1.54, 1.807) is 29.2 Å². The van der Waals surface area contributed by atoms with E-state index < -0.39 is 17.5 Å². The van der Waals surface area contributed by atoms with Crippen LogP contribution in [0, 0.1) is 17.1 Å². The zero-order valence-corrected chi connectivity index (χ0v) is 17.6. The maximum atomic E-state index is 14.1. The van der Waals surface area contributed by atoms with Crippen molar-refractivity contribution in [3.8, 4) is 6.07 Å². The summed E-state index contributed by atoms with van der Waals surface area (Å²) in [5.41, 5.74) is 7.35. The number of nitrogens with two attached hydrogens (primary N) is 1. The minimum Gasteiger partial charge on any atom is -0.384 e. The molecule has 1 saturated heterocycles. The molecule has 2 aromatic carbocycles. The van der Waals surface area contributed by atoms with E-state index in [1.807, 2.05) is 0 Å². The summed E-state index contributed by atoms with van der Waals surface area (Å²) in [6.07, 6.45) is 0. The first kappa shape index (κ1) is 20.5. The molecule has 2 aromatic rings. The van der Waals surface area contributed by atoms with Gasteiger partial charge in [-0.3, -0.25) is 4.79 Å². The second-order valence-corrected chi connectivity index (χ2v) is 8.06. The second-order valence-electron chi connectivity index (χ2n) is 6.81. The first-order valence-corrected chi connectivity index (χ1v) is 10.1. The largest absolute Gasteiger partial charge is 0.384 e. The van der Waals surface area contributed by atoms with Gasteiger partial charge in [-0.15, -0.1) is 0 Å². The number of halogens is 4. The van der Waals surface area contributed by atoms with Crippen molar-refractivity contribution < 1.29 is 9.18 Å². The minimum atomic E-state index is -0.772. The van der Waals surface area contributed by atoms with Crippen LogP contribution in [0.3, 0.4) is 0 Å². The molecule has 1 fully saturated rings. The molecular formula is C21H14Cl3FN4O. The molecule has 0 aliphatic carbocycles. The number of hydrogen-bond donors (Lipinski definition) is 2. The van der Waals surface area contributed by atoms with Gasteiger partial charge in [-0.05, 0) is 29.8 Å². The Morgan fingerprint density at radius 2 is 1.90 bits per heavy atom. The number of carbonyl (C=O) groups excluding carboxylic acids is 1. The van der Waals surface area contributed by atoms with E-state index in [2.05, 4.69) is 11.4 Å². The summed E-state index contributed by atoms with van der Waals surface area (Å²) in [5.74, 6) is -1.32. The van der Waals surface area contributed by atoms with Gasteiger partial charge >= 0.3 is 0 Å². The number of carbonyl (C=O) groups is 1. The van der Waals surface area contributed by atoms with Crippen molar-refractivity contribution in [2.24, 2.45) is 5.73 Å². The summed E-state index contributed by atoms with van der Waals surface area (Å²) in [6.45, 7) is 1.01. The number of Topliss-reactive ketones (excluding diaryl/α,β-unsaturated/α-hetero) is 1. The van der Waals surface area contributed by atoms with Gasteiger partial charge in [-0.2, -0.15) is 5.26 Å². The van der Waals surface area contributed by atoms with E-state index in [0.717, 1.165) is 6.07 Å². The van der Waals surface area contributed by atoms with Crippen LogP contribution in [0.4, 0.5) is 4.39 Å². The minimum absolute atomic E-state index is 0.0138. The molecule has 0 saturated carbocycles. The fourth-order valence-electron chi connectivity index (χ4n) is 3.74. The highest BCUT2D eigenvalue weighted by atomic mass is 35.5. The topological polar surface area (TPSA) is 82.2 Å². The van der Waals surface area contributed by atoms with E-state index in [0.29, 0.717) is 29.5 Å². The van der Waals surface area contributed by atoms with Crippen LogP contribution in [0.15, 0.2) is 59.2 Å². The van der Waals surface area contributed by atoms with Gasteiger partial charge in [0.2, 0.25) is 0 Å². The molecule has 0 aromatic heterocycles. The SMILES string of the molecule is N#CC1=C(N)N2CCNC2=C(C(=O)c2cc(F)c(Cl)cc2Cl)C1c1ccc(Cl)cc1. The highest BCUT2D eigenvalue weighted by Gasteiger charge is 2.41. The summed E-state index contributed by atoms with van der Waals surface area (Å²) >= 11 is 18.0. The quantitative estimate of drug-likeness (QED) is 0.514. The maximum Gasteiger partial charge on any atom is 0.195 e. The zero-order chi connectivity index (χ0) is 21.6. The molecular weight excluding hydrogens is 450 g/mol. The number of allylic oxidation sites excluding steroid dienone is 2. The van der Waals surface area contributed by atoms with Crippen molar-refractivity contribution in [3.05, 3.63) is 91.2 Å². The predicted octanol–water partition coefficient (Wildman–Crippen LogP) is 4.58. The average Bonchev–Trinajstić information content (AvgIpc) is 3.21. The number of nitrogens with one attached hydrogen (secondary N) is 1. The number of nitrogens with zero attached hydrogens (tertiary/aromatic N) is 2. The molecule has 30 heavy (non-hydrogen) atoms. The standard InChI is InChI=1S/C21H14Cl3FN4O/c22-11-3-1-10(2-4-11)17-13(9-26)20(27)29-6-5-28-21(29)18(17)19(30)12-7-16(25)15(24)8-14(12)23/h1-4,7-8,17,28H,5-6,27H2. The first-order chi connectivity index (χ1) is 14.3. The Kier molecular flexibility index (Phi) is 5.37. The van der Waals surface area contributed by atoms with Crippen molar-refractivity contribution in [2.45, 2.75) is 5.92 Å². The molecule has 9 heteroatoms. The number of ketones is 1. The molecule has 4 rings (SSSR count). The summed E-state index contributed by atoms with van der Waals surface area (Å²) in [6, 6.07) is 11.1.